The van der Waals surface area contributed by atoms with E-state index in [-0.39, 0.29) is 5.91 Å². The quantitative estimate of drug-likeness (QED) is 0.819. The number of hydrogen-bond acceptors (Lipinski definition) is 2. The van der Waals surface area contributed by atoms with Gasteiger partial charge in [-0.3, -0.25) is 4.79 Å². The number of nitrogens with one attached hydrogen (secondary N) is 1. The predicted octanol–water partition coefficient (Wildman–Crippen LogP) is 2.45. The molecule has 0 radical (unpaired) electrons. The van der Waals surface area contributed by atoms with Crippen molar-refractivity contribution in [3.05, 3.63) is 0 Å². The summed E-state index contributed by atoms with van der Waals surface area (Å²) in [6.45, 7) is 0.806. The molecule has 1 amide bonds. The minimum atomic E-state index is 0.273. The predicted molar refractivity (Wildman–Crippen MR) is 76.5 cm³/mol. The molecule has 3 nitrogen and oxygen atoms in total. The average molecular weight is 264 g/mol. The number of hydrogen-bond donors (Lipinski definition) is 2. The lowest BCUT2D eigenvalue weighted by molar-refractivity contribution is -0.122. The van der Waals surface area contributed by atoms with E-state index in [9.17, 15) is 4.79 Å². The Balaban J connectivity index is 1.39. The molecule has 0 aromatic heterocycles. The van der Waals surface area contributed by atoms with E-state index in [2.05, 4.69) is 5.32 Å². The minimum absolute atomic E-state index is 0.273. The highest BCUT2D eigenvalue weighted by molar-refractivity contribution is 5.76. The lowest BCUT2D eigenvalue weighted by Gasteiger charge is -2.29. The third-order valence-corrected chi connectivity index (χ3v) is 5.86. The van der Waals surface area contributed by atoms with Gasteiger partial charge in [-0.1, -0.05) is 19.3 Å². The third kappa shape index (κ3) is 3.13. The van der Waals surface area contributed by atoms with Gasteiger partial charge >= 0.3 is 0 Å². The maximum Gasteiger partial charge on any atom is 0.220 e. The van der Waals surface area contributed by atoms with Gasteiger partial charge in [0, 0.05) is 19.0 Å². The van der Waals surface area contributed by atoms with Crippen molar-refractivity contribution in [1.82, 2.24) is 5.32 Å². The molecule has 3 aliphatic rings. The van der Waals surface area contributed by atoms with E-state index in [1.165, 1.54) is 44.9 Å². The first-order valence-corrected chi connectivity index (χ1v) is 8.24. The second kappa shape index (κ2) is 5.82. The first-order chi connectivity index (χ1) is 9.22. The molecule has 0 aliphatic heterocycles. The number of rotatable bonds is 4. The number of carbonyl (C=O) groups is 1. The first-order valence-electron chi connectivity index (χ1n) is 8.24. The molecule has 0 aromatic carbocycles. The molecule has 3 N–H and O–H groups in total. The topological polar surface area (TPSA) is 55.1 Å². The highest BCUT2D eigenvalue weighted by Crippen LogP contribution is 2.49. The number of amides is 1. The molecular weight excluding hydrogens is 236 g/mol. The number of nitrogens with two attached hydrogens (primary N) is 1. The standard InChI is InChI=1S/C16H28N2O/c17-15-4-2-1-3-13(15)10-18-16(19)9-14-8-11-5-6-12(14)7-11/h11-15H,1-10,17H2,(H,18,19). The average Bonchev–Trinajstić information content (AvgIpc) is 3.00. The summed E-state index contributed by atoms with van der Waals surface area (Å²) >= 11 is 0. The zero-order valence-electron chi connectivity index (χ0n) is 11.9. The van der Waals surface area contributed by atoms with Crippen LogP contribution in [0.4, 0.5) is 0 Å². The van der Waals surface area contributed by atoms with Crippen LogP contribution in [0.1, 0.15) is 57.8 Å². The van der Waals surface area contributed by atoms with E-state index in [1.807, 2.05) is 0 Å². The Labute approximate surface area is 116 Å². The fraction of sp³-hybridized carbons (Fsp3) is 0.938. The van der Waals surface area contributed by atoms with Crippen molar-refractivity contribution < 1.29 is 4.79 Å². The second-order valence-electron chi connectivity index (χ2n) is 7.15. The van der Waals surface area contributed by atoms with Gasteiger partial charge in [0.15, 0.2) is 0 Å². The molecule has 0 heterocycles. The maximum atomic E-state index is 12.1. The molecule has 3 saturated carbocycles. The Hall–Kier alpha value is -0.570. The van der Waals surface area contributed by atoms with Crippen LogP contribution in [0.15, 0.2) is 0 Å². The Morgan fingerprint density at radius 1 is 1.05 bits per heavy atom. The van der Waals surface area contributed by atoms with E-state index >= 15 is 0 Å². The Bertz CT molecular complexity index is 331. The zero-order chi connectivity index (χ0) is 13.2. The molecule has 5 atom stereocenters. The van der Waals surface area contributed by atoms with Gasteiger partial charge in [0.2, 0.25) is 5.91 Å². The van der Waals surface area contributed by atoms with Crippen LogP contribution >= 0.6 is 0 Å². The van der Waals surface area contributed by atoms with Crippen LogP contribution in [0.2, 0.25) is 0 Å². The van der Waals surface area contributed by atoms with E-state index in [1.54, 1.807) is 0 Å². The third-order valence-electron chi connectivity index (χ3n) is 5.86. The molecule has 5 unspecified atom stereocenters. The summed E-state index contributed by atoms with van der Waals surface area (Å²) in [5, 5.41) is 3.15. The molecule has 108 valence electrons. The van der Waals surface area contributed by atoms with Crippen molar-refractivity contribution in [2.24, 2.45) is 29.4 Å². The van der Waals surface area contributed by atoms with Crippen LogP contribution in [0, 0.1) is 23.7 Å². The van der Waals surface area contributed by atoms with Gasteiger partial charge in [-0.05, 0) is 55.8 Å². The first kappa shape index (κ1) is 13.4. The van der Waals surface area contributed by atoms with Gasteiger partial charge in [-0.2, -0.15) is 0 Å². The largest absolute Gasteiger partial charge is 0.356 e. The number of carbonyl (C=O) groups excluding carboxylic acids is 1. The minimum Gasteiger partial charge on any atom is -0.356 e. The highest BCUT2D eigenvalue weighted by Gasteiger charge is 2.40. The summed E-state index contributed by atoms with van der Waals surface area (Å²) in [4.78, 5) is 12.1. The molecule has 3 fully saturated rings. The lowest BCUT2D eigenvalue weighted by atomic mass is 9.84. The fourth-order valence-electron chi connectivity index (χ4n) is 4.67. The van der Waals surface area contributed by atoms with Crippen LogP contribution in [0.5, 0.6) is 0 Å². The van der Waals surface area contributed by atoms with Gasteiger partial charge in [0.25, 0.3) is 0 Å². The summed E-state index contributed by atoms with van der Waals surface area (Å²) in [5.41, 5.74) is 6.13. The summed E-state index contributed by atoms with van der Waals surface area (Å²) in [6.07, 6.45) is 11.1. The summed E-state index contributed by atoms with van der Waals surface area (Å²) in [5.74, 6) is 3.26. The summed E-state index contributed by atoms with van der Waals surface area (Å²) in [6, 6.07) is 0.302. The molecule has 19 heavy (non-hydrogen) atoms. The SMILES string of the molecule is NC1CCCCC1CNC(=O)CC1CC2CCC1C2. The van der Waals surface area contributed by atoms with E-state index in [4.69, 9.17) is 5.73 Å². The molecule has 0 spiro atoms. The van der Waals surface area contributed by atoms with Crippen LogP contribution < -0.4 is 11.1 Å². The Kier molecular flexibility index (Phi) is 4.11. The number of fused-ring (bicyclic) bond motifs is 2. The van der Waals surface area contributed by atoms with Crippen molar-refractivity contribution >= 4 is 5.91 Å². The molecule has 3 aliphatic carbocycles. The van der Waals surface area contributed by atoms with Gasteiger partial charge < -0.3 is 11.1 Å². The monoisotopic (exact) mass is 264 g/mol. The van der Waals surface area contributed by atoms with Crippen molar-refractivity contribution in [2.45, 2.75) is 63.8 Å². The Morgan fingerprint density at radius 2 is 1.89 bits per heavy atom. The molecule has 3 rings (SSSR count). The van der Waals surface area contributed by atoms with E-state index in [0.717, 1.165) is 31.2 Å². The summed E-state index contributed by atoms with van der Waals surface area (Å²) < 4.78 is 0. The lowest BCUT2D eigenvalue weighted by Crippen LogP contribution is -2.41. The maximum absolute atomic E-state index is 12.1. The molecule has 2 bridgehead atoms. The normalized spacial score (nSPS) is 41.4. The molecule has 0 aromatic rings. The van der Waals surface area contributed by atoms with Crippen LogP contribution in [0.25, 0.3) is 0 Å². The molecule has 0 saturated heterocycles. The van der Waals surface area contributed by atoms with Gasteiger partial charge in [-0.15, -0.1) is 0 Å². The van der Waals surface area contributed by atoms with Gasteiger partial charge in [0.05, 0.1) is 0 Å². The van der Waals surface area contributed by atoms with Crippen molar-refractivity contribution in [3.63, 3.8) is 0 Å². The smallest absolute Gasteiger partial charge is 0.220 e. The zero-order valence-corrected chi connectivity index (χ0v) is 11.9. The van der Waals surface area contributed by atoms with Crippen LogP contribution in [-0.2, 0) is 4.79 Å². The summed E-state index contributed by atoms with van der Waals surface area (Å²) in [7, 11) is 0. The van der Waals surface area contributed by atoms with Gasteiger partial charge in [0.1, 0.15) is 0 Å². The van der Waals surface area contributed by atoms with Crippen LogP contribution in [-0.4, -0.2) is 18.5 Å². The van der Waals surface area contributed by atoms with Gasteiger partial charge in [-0.25, -0.2) is 0 Å². The van der Waals surface area contributed by atoms with Crippen molar-refractivity contribution in [3.8, 4) is 0 Å². The second-order valence-corrected chi connectivity index (χ2v) is 7.15. The fourth-order valence-corrected chi connectivity index (χ4v) is 4.67. The molecular formula is C16H28N2O. The van der Waals surface area contributed by atoms with Crippen LogP contribution in [0.3, 0.4) is 0 Å². The Morgan fingerprint density at radius 3 is 2.58 bits per heavy atom. The van der Waals surface area contributed by atoms with Crippen molar-refractivity contribution in [2.75, 3.05) is 6.54 Å². The van der Waals surface area contributed by atoms with E-state index in [0.29, 0.717) is 17.9 Å². The highest BCUT2D eigenvalue weighted by atomic mass is 16.1. The van der Waals surface area contributed by atoms with Crippen molar-refractivity contribution in [1.29, 1.82) is 0 Å². The molecule has 3 heteroatoms. The van der Waals surface area contributed by atoms with E-state index < -0.39 is 0 Å².